The third-order valence-corrected chi connectivity index (χ3v) is 4.47. The van der Waals surface area contributed by atoms with Crippen LogP contribution in [0.3, 0.4) is 0 Å². The first-order chi connectivity index (χ1) is 10.7. The average Bonchev–Trinajstić information content (AvgIpc) is 3.04. The lowest BCUT2D eigenvalue weighted by Crippen LogP contribution is -2.22. The molecule has 3 rings (SSSR count). The molecule has 1 saturated heterocycles. The van der Waals surface area contributed by atoms with Crippen LogP contribution in [0.5, 0.6) is 0 Å². The van der Waals surface area contributed by atoms with Crippen molar-refractivity contribution in [1.82, 2.24) is 19.9 Å². The van der Waals surface area contributed by atoms with Crippen molar-refractivity contribution >= 4 is 0 Å². The molecule has 0 aliphatic carbocycles. The maximum Gasteiger partial charge on any atom is 0.106 e. The Hall–Kier alpha value is -1.72. The molecule has 2 aromatic heterocycles. The van der Waals surface area contributed by atoms with E-state index in [1.54, 1.807) is 0 Å². The standard InChI is InChI=1S/C17H24N4O/c1-3-17-19-12(2)15(20-17)10-21-9-14(16(22)11-21)8-13-4-6-18-7-5-13/h4-7,14,16,22H,3,8-11H2,1-2H3,(H,19,20)/t14-,16+/m1/s1. The number of H-pyrrole nitrogens is 1. The highest BCUT2D eigenvalue weighted by Crippen LogP contribution is 2.23. The summed E-state index contributed by atoms with van der Waals surface area (Å²) in [4.78, 5) is 14.3. The highest BCUT2D eigenvalue weighted by atomic mass is 16.3. The Kier molecular flexibility index (Phi) is 4.55. The van der Waals surface area contributed by atoms with Crippen LogP contribution in [-0.2, 0) is 19.4 Å². The Morgan fingerprint density at radius 2 is 2.09 bits per heavy atom. The largest absolute Gasteiger partial charge is 0.391 e. The molecule has 0 saturated carbocycles. The van der Waals surface area contributed by atoms with Gasteiger partial charge in [0.1, 0.15) is 5.82 Å². The van der Waals surface area contributed by atoms with Crippen LogP contribution in [0.25, 0.3) is 0 Å². The highest BCUT2D eigenvalue weighted by Gasteiger charge is 2.31. The van der Waals surface area contributed by atoms with Gasteiger partial charge in [-0.25, -0.2) is 4.98 Å². The van der Waals surface area contributed by atoms with E-state index in [9.17, 15) is 5.11 Å². The number of imidazole rings is 1. The van der Waals surface area contributed by atoms with E-state index in [-0.39, 0.29) is 12.0 Å². The predicted molar refractivity (Wildman–Crippen MR) is 85.4 cm³/mol. The van der Waals surface area contributed by atoms with Gasteiger partial charge in [-0.3, -0.25) is 9.88 Å². The molecule has 0 bridgehead atoms. The summed E-state index contributed by atoms with van der Waals surface area (Å²) in [6.45, 7) is 6.63. The van der Waals surface area contributed by atoms with Gasteiger partial charge in [-0.05, 0) is 31.0 Å². The van der Waals surface area contributed by atoms with Crippen LogP contribution in [0.2, 0.25) is 0 Å². The smallest absolute Gasteiger partial charge is 0.106 e. The maximum absolute atomic E-state index is 10.3. The van der Waals surface area contributed by atoms with Crippen molar-refractivity contribution in [3.8, 4) is 0 Å². The number of aromatic amines is 1. The van der Waals surface area contributed by atoms with Crippen molar-refractivity contribution in [2.24, 2.45) is 5.92 Å². The second-order valence-electron chi connectivity index (χ2n) is 6.19. The summed E-state index contributed by atoms with van der Waals surface area (Å²) in [6.07, 6.45) is 5.19. The molecule has 2 aromatic rings. The summed E-state index contributed by atoms with van der Waals surface area (Å²) in [6, 6.07) is 4.06. The third kappa shape index (κ3) is 3.36. The number of rotatable bonds is 5. The minimum Gasteiger partial charge on any atom is -0.391 e. The molecule has 1 aliphatic rings. The Bertz CT molecular complexity index is 610. The van der Waals surface area contributed by atoms with Crippen molar-refractivity contribution in [3.63, 3.8) is 0 Å². The first-order valence-corrected chi connectivity index (χ1v) is 7.99. The monoisotopic (exact) mass is 300 g/mol. The van der Waals surface area contributed by atoms with E-state index in [4.69, 9.17) is 0 Å². The molecular formula is C17H24N4O. The molecule has 1 fully saturated rings. The van der Waals surface area contributed by atoms with Crippen molar-refractivity contribution in [2.45, 2.75) is 39.3 Å². The fourth-order valence-corrected chi connectivity index (χ4v) is 3.19. The normalized spacial score (nSPS) is 22.3. The summed E-state index contributed by atoms with van der Waals surface area (Å²) in [5, 5.41) is 10.3. The van der Waals surface area contributed by atoms with Gasteiger partial charge in [0.25, 0.3) is 0 Å². The van der Waals surface area contributed by atoms with Gasteiger partial charge in [0.15, 0.2) is 0 Å². The number of hydrogen-bond donors (Lipinski definition) is 2. The second-order valence-corrected chi connectivity index (χ2v) is 6.19. The number of aliphatic hydroxyl groups is 1. The van der Waals surface area contributed by atoms with Gasteiger partial charge in [-0.15, -0.1) is 0 Å². The molecule has 0 spiro atoms. The molecule has 0 aromatic carbocycles. The number of aromatic nitrogens is 3. The van der Waals surface area contributed by atoms with Gasteiger partial charge in [0, 0.05) is 50.1 Å². The maximum atomic E-state index is 10.3. The lowest BCUT2D eigenvalue weighted by atomic mass is 9.97. The summed E-state index contributed by atoms with van der Waals surface area (Å²) in [5.74, 6) is 1.33. The fraction of sp³-hybridized carbons (Fsp3) is 0.529. The van der Waals surface area contributed by atoms with Crippen LogP contribution in [0.1, 0.15) is 29.7 Å². The van der Waals surface area contributed by atoms with E-state index < -0.39 is 0 Å². The predicted octanol–water partition coefficient (Wildman–Crippen LogP) is 1.71. The molecule has 22 heavy (non-hydrogen) atoms. The van der Waals surface area contributed by atoms with Gasteiger partial charge < -0.3 is 10.1 Å². The van der Waals surface area contributed by atoms with Crippen molar-refractivity contribution in [3.05, 3.63) is 47.3 Å². The number of aliphatic hydroxyl groups excluding tert-OH is 1. The zero-order chi connectivity index (χ0) is 15.5. The first-order valence-electron chi connectivity index (χ1n) is 7.99. The minimum absolute atomic E-state index is 0.266. The van der Waals surface area contributed by atoms with Crippen LogP contribution in [0.4, 0.5) is 0 Å². The number of pyridine rings is 1. The molecule has 5 heteroatoms. The lowest BCUT2D eigenvalue weighted by molar-refractivity contribution is 0.141. The summed E-state index contributed by atoms with van der Waals surface area (Å²) >= 11 is 0. The average molecular weight is 300 g/mol. The van der Waals surface area contributed by atoms with Gasteiger partial charge in [-0.1, -0.05) is 6.92 Å². The van der Waals surface area contributed by atoms with Gasteiger partial charge in [0.05, 0.1) is 11.8 Å². The van der Waals surface area contributed by atoms with Crippen molar-refractivity contribution in [1.29, 1.82) is 0 Å². The minimum atomic E-state index is -0.266. The van der Waals surface area contributed by atoms with Gasteiger partial charge in [-0.2, -0.15) is 0 Å². The summed E-state index contributed by atoms with van der Waals surface area (Å²) < 4.78 is 0. The van der Waals surface area contributed by atoms with Gasteiger partial charge in [0.2, 0.25) is 0 Å². The Morgan fingerprint density at radius 3 is 2.77 bits per heavy atom. The van der Waals surface area contributed by atoms with Crippen LogP contribution in [-0.4, -0.2) is 44.2 Å². The van der Waals surface area contributed by atoms with E-state index in [0.29, 0.717) is 0 Å². The molecule has 2 N–H and O–H groups in total. The number of nitrogens with one attached hydrogen (secondary N) is 1. The van der Waals surface area contributed by atoms with E-state index in [1.807, 2.05) is 24.5 Å². The fourth-order valence-electron chi connectivity index (χ4n) is 3.19. The van der Waals surface area contributed by atoms with Crippen LogP contribution in [0.15, 0.2) is 24.5 Å². The molecular weight excluding hydrogens is 276 g/mol. The third-order valence-electron chi connectivity index (χ3n) is 4.47. The van der Waals surface area contributed by atoms with E-state index >= 15 is 0 Å². The molecule has 0 amide bonds. The van der Waals surface area contributed by atoms with Crippen LogP contribution < -0.4 is 0 Å². The first kappa shape index (κ1) is 15.2. The SMILES string of the molecule is CCc1nc(CN2C[C@@H](Cc3ccncc3)[C@@H](O)C2)c(C)[nH]1. The van der Waals surface area contributed by atoms with Gasteiger partial charge >= 0.3 is 0 Å². The number of β-amino-alcohol motifs (C(OH)–C–C–N with tert-alkyl or cyclic N) is 1. The summed E-state index contributed by atoms with van der Waals surface area (Å²) in [7, 11) is 0. The van der Waals surface area contributed by atoms with E-state index in [1.165, 1.54) is 5.56 Å². The van der Waals surface area contributed by atoms with E-state index in [2.05, 4.69) is 33.7 Å². The Labute approximate surface area is 131 Å². The molecule has 0 unspecified atom stereocenters. The van der Waals surface area contributed by atoms with Crippen LogP contribution >= 0.6 is 0 Å². The summed E-state index contributed by atoms with van der Waals surface area (Å²) in [5.41, 5.74) is 3.49. The molecule has 0 radical (unpaired) electrons. The van der Waals surface area contributed by atoms with Crippen molar-refractivity contribution in [2.75, 3.05) is 13.1 Å². The van der Waals surface area contributed by atoms with E-state index in [0.717, 1.165) is 49.7 Å². The Morgan fingerprint density at radius 1 is 1.32 bits per heavy atom. The van der Waals surface area contributed by atoms with Crippen LogP contribution in [0, 0.1) is 12.8 Å². The molecule has 3 heterocycles. The molecule has 1 aliphatic heterocycles. The Balaban J connectivity index is 1.61. The lowest BCUT2D eigenvalue weighted by Gasteiger charge is -2.14. The van der Waals surface area contributed by atoms with Crippen molar-refractivity contribution < 1.29 is 5.11 Å². The zero-order valence-corrected chi connectivity index (χ0v) is 13.3. The topological polar surface area (TPSA) is 65.0 Å². The number of likely N-dealkylation sites (tertiary alicyclic amines) is 1. The quantitative estimate of drug-likeness (QED) is 0.882. The number of hydrogen-bond acceptors (Lipinski definition) is 4. The molecule has 5 nitrogen and oxygen atoms in total. The zero-order valence-electron chi connectivity index (χ0n) is 13.3. The number of nitrogens with zero attached hydrogens (tertiary/aromatic N) is 3. The molecule has 2 atom stereocenters. The second kappa shape index (κ2) is 6.58. The highest BCUT2D eigenvalue weighted by molar-refractivity contribution is 5.14. The molecule has 118 valence electrons. The number of aryl methyl sites for hydroxylation is 2.